The summed E-state index contributed by atoms with van der Waals surface area (Å²) in [5.41, 5.74) is 1.30. The third-order valence-electron chi connectivity index (χ3n) is 4.31. The van der Waals surface area contributed by atoms with Crippen LogP contribution in [0.5, 0.6) is 0 Å². The number of anilines is 1. The Morgan fingerprint density at radius 2 is 2.07 bits per heavy atom. The van der Waals surface area contributed by atoms with E-state index in [9.17, 15) is 25.0 Å². The summed E-state index contributed by atoms with van der Waals surface area (Å²) in [6, 6.07) is 15.1. The molecule has 0 unspecified atom stereocenters. The van der Waals surface area contributed by atoms with E-state index in [4.69, 9.17) is 0 Å². The van der Waals surface area contributed by atoms with Gasteiger partial charge in [0.2, 0.25) is 11.8 Å². The first kappa shape index (κ1) is 21.5. The number of nitriles is 1. The Morgan fingerprint density at radius 3 is 2.73 bits per heavy atom. The smallest absolute Gasteiger partial charge is 0.269 e. The van der Waals surface area contributed by atoms with Crippen LogP contribution < -0.4 is 10.6 Å². The summed E-state index contributed by atoms with van der Waals surface area (Å²) in [5, 5.41) is 26.4. The molecule has 8 nitrogen and oxygen atoms in total. The minimum absolute atomic E-state index is 0.000783. The molecule has 0 aromatic heterocycles. The van der Waals surface area contributed by atoms with Gasteiger partial charge in [-0.25, -0.2) is 0 Å². The molecule has 2 aromatic rings. The first-order chi connectivity index (χ1) is 14.4. The van der Waals surface area contributed by atoms with E-state index in [-0.39, 0.29) is 40.3 Å². The molecule has 1 atom stereocenters. The van der Waals surface area contributed by atoms with E-state index in [2.05, 4.69) is 32.6 Å². The fourth-order valence-corrected chi connectivity index (χ4v) is 4.08. The molecule has 0 saturated heterocycles. The van der Waals surface area contributed by atoms with Crippen molar-refractivity contribution in [3.63, 3.8) is 0 Å². The van der Waals surface area contributed by atoms with Gasteiger partial charge >= 0.3 is 0 Å². The van der Waals surface area contributed by atoms with Crippen LogP contribution >= 0.6 is 27.7 Å². The highest BCUT2D eigenvalue weighted by atomic mass is 79.9. The second kappa shape index (κ2) is 9.56. The van der Waals surface area contributed by atoms with Gasteiger partial charge in [-0.1, -0.05) is 39.8 Å². The lowest BCUT2D eigenvalue weighted by Crippen LogP contribution is -2.31. The van der Waals surface area contributed by atoms with E-state index < -0.39 is 10.8 Å². The van der Waals surface area contributed by atoms with Crippen LogP contribution in [0, 0.1) is 21.4 Å². The molecule has 0 fully saturated rings. The van der Waals surface area contributed by atoms with Gasteiger partial charge in [0.1, 0.15) is 0 Å². The summed E-state index contributed by atoms with van der Waals surface area (Å²) < 4.78 is 0.885. The van der Waals surface area contributed by atoms with E-state index >= 15 is 0 Å². The van der Waals surface area contributed by atoms with Crippen LogP contribution in [0.1, 0.15) is 17.9 Å². The quantitative estimate of drug-likeness (QED) is 0.468. The first-order valence-corrected chi connectivity index (χ1v) is 10.5. The molecule has 2 amide bonds. The van der Waals surface area contributed by atoms with Crippen molar-refractivity contribution < 1.29 is 14.5 Å². The van der Waals surface area contributed by atoms with Crippen LogP contribution in [-0.2, 0) is 9.59 Å². The van der Waals surface area contributed by atoms with Crippen LogP contribution in [0.4, 0.5) is 11.4 Å². The lowest BCUT2D eigenvalue weighted by molar-refractivity contribution is -0.384. The summed E-state index contributed by atoms with van der Waals surface area (Å²) >= 11 is 4.36. The number of nitro benzene ring substituents is 1. The zero-order valence-corrected chi connectivity index (χ0v) is 17.8. The Balaban J connectivity index is 1.78. The van der Waals surface area contributed by atoms with Crippen LogP contribution in [0.2, 0.25) is 0 Å². The van der Waals surface area contributed by atoms with Gasteiger partial charge in [-0.2, -0.15) is 5.26 Å². The number of benzene rings is 2. The van der Waals surface area contributed by atoms with Gasteiger partial charge in [0.25, 0.3) is 5.69 Å². The summed E-state index contributed by atoms with van der Waals surface area (Å²) in [7, 11) is 0. The zero-order valence-electron chi connectivity index (χ0n) is 15.4. The van der Waals surface area contributed by atoms with Crippen LogP contribution in [0.15, 0.2) is 63.6 Å². The second-order valence-corrected chi connectivity index (χ2v) is 8.26. The van der Waals surface area contributed by atoms with E-state index in [1.807, 2.05) is 0 Å². The van der Waals surface area contributed by atoms with Gasteiger partial charge < -0.3 is 10.6 Å². The fourth-order valence-electron chi connectivity index (χ4n) is 2.94. The monoisotopic (exact) mass is 486 g/mol. The summed E-state index contributed by atoms with van der Waals surface area (Å²) in [6.07, 6.45) is -0.000783. The SMILES string of the molecule is N#CC1=C(SCC(=O)Nc2ccc(Br)cc2)NC(=O)C[C@@H]1c1cccc([N+](=O)[O-])c1. The number of nitro groups is 1. The molecule has 0 bridgehead atoms. The predicted octanol–water partition coefficient (Wildman–Crippen LogP) is 4.07. The second-order valence-electron chi connectivity index (χ2n) is 6.36. The fraction of sp³-hybridized carbons (Fsp3) is 0.150. The summed E-state index contributed by atoms with van der Waals surface area (Å²) in [5.74, 6) is -1.24. The minimum Gasteiger partial charge on any atom is -0.325 e. The molecule has 30 heavy (non-hydrogen) atoms. The van der Waals surface area contributed by atoms with Crippen molar-refractivity contribution in [2.75, 3.05) is 11.1 Å². The average molecular weight is 487 g/mol. The van der Waals surface area contributed by atoms with Gasteiger partial charge in [-0.3, -0.25) is 19.7 Å². The van der Waals surface area contributed by atoms with Crippen molar-refractivity contribution in [2.45, 2.75) is 12.3 Å². The van der Waals surface area contributed by atoms with E-state index in [1.165, 1.54) is 18.2 Å². The molecule has 0 spiro atoms. The topological polar surface area (TPSA) is 125 Å². The predicted molar refractivity (Wildman–Crippen MR) is 116 cm³/mol. The number of hydrogen-bond acceptors (Lipinski definition) is 6. The summed E-state index contributed by atoms with van der Waals surface area (Å²) in [4.78, 5) is 35.0. The molecule has 0 aliphatic carbocycles. The Labute approximate surface area is 184 Å². The molecule has 2 aromatic carbocycles. The van der Waals surface area contributed by atoms with Crippen molar-refractivity contribution in [1.29, 1.82) is 5.26 Å². The van der Waals surface area contributed by atoms with Crippen molar-refractivity contribution >= 4 is 50.9 Å². The highest BCUT2D eigenvalue weighted by Crippen LogP contribution is 2.36. The molecule has 10 heteroatoms. The van der Waals surface area contributed by atoms with E-state index in [0.717, 1.165) is 16.2 Å². The highest BCUT2D eigenvalue weighted by Gasteiger charge is 2.30. The maximum absolute atomic E-state index is 12.3. The number of nitrogens with one attached hydrogen (secondary N) is 2. The van der Waals surface area contributed by atoms with Crippen molar-refractivity contribution in [2.24, 2.45) is 0 Å². The number of hydrogen-bond donors (Lipinski definition) is 2. The van der Waals surface area contributed by atoms with Gasteiger partial charge in [0, 0.05) is 34.6 Å². The maximum atomic E-state index is 12.3. The largest absolute Gasteiger partial charge is 0.325 e. The molecule has 1 heterocycles. The zero-order chi connectivity index (χ0) is 21.7. The number of amides is 2. The Kier molecular flexibility index (Phi) is 6.87. The third-order valence-corrected chi connectivity index (χ3v) is 5.86. The van der Waals surface area contributed by atoms with E-state index in [1.54, 1.807) is 30.3 Å². The molecular weight excluding hydrogens is 472 g/mol. The lowest BCUT2D eigenvalue weighted by atomic mass is 9.87. The van der Waals surface area contributed by atoms with Gasteiger partial charge in [-0.05, 0) is 29.8 Å². The lowest BCUT2D eigenvalue weighted by Gasteiger charge is -2.24. The number of thioether (sulfide) groups is 1. The van der Waals surface area contributed by atoms with Gasteiger partial charge in [-0.15, -0.1) is 0 Å². The molecule has 2 N–H and O–H groups in total. The Bertz CT molecular complexity index is 1080. The van der Waals surface area contributed by atoms with Crippen molar-refractivity contribution in [3.8, 4) is 6.07 Å². The number of rotatable bonds is 6. The molecule has 3 rings (SSSR count). The van der Waals surface area contributed by atoms with Gasteiger partial charge in [0.05, 0.1) is 27.3 Å². The van der Waals surface area contributed by atoms with Crippen LogP contribution in [0.3, 0.4) is 0 Å². The Morgan fingerprint density at radius 1 is 1.33 bits per heavy atom. The molecule has 0 saturated carbocycles. The van der Waals surface area contributed by atoms with Crippen molar-refractivity contribution in [1.82, 2.24) is 5.32 Å². The number of halogens is 1. The summed E-state index contributed by atoms with van der Waals surface area (Å²) in [6.45, 7) is 0. The average Bonchev–Trinajstić information content (AvgIpc) is 2.73. The van der Waals surface area contributed by atoms with Crippen molar-refractivity contribution in [3.05, 3.63) is 79.3 Å². The number of nitrogens with zero attached hydrogens (tertiary/aromatic N) is 2. The van der Waals surface area contributed by atoms with Crippen LogP contribution in [-0.4, -0.2) is 22.5 Å². The molecule has 1 aliphatic rings. The van der Waals surface area contributed by atoms with E-state index in [0.29, 0.717) is 11.3 Å². The van der Waals surface area contributed by atoms with Gasteiger partial charge in [0.15, 0.2) is 0 Å². The standard InChI is InChI=1S/C20H15BrN4O4S/c21-13-4-6-14(7-5-13)23-19(27)11-30-20-17(10-22)16(9-18(26)24-20)12-2-1-3-15(8-12)25(28)29/h1-8,16H,9,11H2,(H,23,27)(H,24,26)/t16-/m1/s1. The molecule has 1 aliphatic heterocycles. The number of allylic oxidation sites excluding steroid dienone is 1. The number of carbonyl (C=O) groups is 2. The maximum Gasteiger partial charge on any atom is 0.269 e. The number of carbonyl (C=O) groups excluding carboxylic acids is 2. The normalized spacial score (nSPS) is 15.9. The molecular formula is C20H15BrN4O4S. The molecule has 152 valence electrons. The third kappa shape index (κ3) is 5.25. The highest BCUT2D eigenvalue weighted by molar-refractivity contribution is 9.10. The number of non-ortho nitro benzene ring substituents is 1. The van der Waals surface area contributed by atoms with Crippen LogP contribution in [0.25, 0.3) is 0 Å². The first-order valence-electron chi connectivity index (χ1n) is 8.74. The molecule has 0 radical (unpaired) electrons. The minimum atomic E-state index is -0.610. The Hall–Kier alpha value is -3.16.